The van der Waals surface area contributed by atoms with Crippen LogP contribution in [0.15, 0.2) is 29.3 Å². The molecule has 0 atom stereocenters. The Labute approximate surface area is 175 Å². The van der Waals surface area contributed by atoms with Crippen LogP contribution in [0.25, 0.3) is 0 Å². The first-order valence-corrected chi connectivity index (χ1v) is 10.0. The van der Waals surface area contributed by atoms with Gasteiger partial charge in [0.25, 0.3) is 0 Å². The van der Waals surface area contributed by atoms with Crippen LogP contribution in [0.2, 0.25) is 0 Å². The Balaban J connectivity index is 1.90. The summed E-state index contributed by atoms with van der Waals surface area (Å²) in [5.74, 6) is 1.40. The summed E-state index contributed by atoms with van der Waals surface area (Å²) in [6, 6.07) is 9.68. The minimum atomic E-state index is -0.115. The Kier molecular flexibility index (Phi) is 8.77. The summed E-state index contributed by atoms with van der Waals surface area (Å²) in [5.41, 5.74) is 3.05. The molecule has 1 amide bonds. The molecule has 1 N–H and O–H groups in total. The smallest absolute Gasteiger partial charge is 0.230 e. The third-order valence-electron chi connectivity index (χ3n) is 4.13. The summed E-state index contributed by atoms with van der Waals surface area (Å²) in [6.07, 6.45) is 0.668. The lowest BCUT2D eigenvalue weighted by molar-refractivity contribution is -0.118. The van der Waals surface area contributed by atoms with E-state index < -0.39 is 0 Å². The molecule has 0 aliphatic rings. The van der Waals surface area contributed by atoms with Crippen molar-refractivity contribution in [3.8, 4) is 17.6 Å². The van der Waals surface area contributed by atoms with Gasteiger partial charge in [-0.05, 0) is 42.7 Å². The molecule has 0 unspecified atom stereocenters. The molecule has 8 heteroatoms. The second-order valence-corrected chi connectivity index (χ2v) is 7.19. The van der Waals surface area contributed by atoms with E-state index in [4.69, 9.17) is 14.2 Å². The Bertz CT molecular complexity index is 896. The number of nitrogens with one attached hydrogen (secondary N) is 1. The zero-order chi connectivity index (χ0) is 21.2. The molecule has 2 aromatic rings. The van der Waals surface area contributed by atoms with Crippen molar-refractivity contribution in [1.82, 2.24) is 10.3 Å². The molecule has 29 heavy (non-hydrogen) atoms. The minimum Gasteiger partial charge on any atom is -0.493 e. The average Bonchev–Trinajstić information content (AvgIpc) is 2.72. The summed E-state index contributed by atoms with van der Waals surface area (Å²) >= 11 is 1.25. The fraction of sp³-hybridized carbons (Fsp3) is 0.381. The van der Waals surface area contributed by atoms with E-state index in [0.717, 1.165) is 16.8 Å². The Morgan fingerprint density at radius 1 is 1.21 bits per heavy atom. The zero-order valence-electron chi connectivity index (χ0n) is 17.1. The molecule has 1 heterocycles. The van der Waals surface area contributed by atoms with Gasteiger partial charge in [-0.1, -0.05) is 17.8 Å². The number of amides is 1. The highest BCUT2D eigenvalue weighted by atomic mass is 32.2. The van der Waals surface area contributed by atoms with E-state index in [1.54, 1.807) is 21.3 Å². The topological polar surface area (TPSA) is 93.5 Å². The summed E-state index contributed by atoms with van der Waals surface area (Å²) in [7, 11) is 4.76. The molecule has 0 saturated heterocycles. The number of benzene rings is 1. The predicted molar refractivity (Wildman–Crippen MR) is 111 cm³/mol. The van der Waals surface area contributed by atoms with Gasteiger partial charge in [0, 0.05) is 19.3 Å². The van der Waals surface area contributed by atoms with Gasteiger partial charge in [0.2, 0.25) is 5.91 Å². The fourth-order valence-electron chi connectivity index (χ4n) is 2.77. The number of aryl methyl sites for hydroxylation is 1. The molecule has 0 aliphatic carbocycles. The average molecular weight is 416 g/mol. The maximum atomic E-state index is 12.2. The van der Waals surface area contributed by atoms with E-state index in [2.05, 4.69) is 16.4 Å². The zero-order valence-corrected chi connectivity index (χ0v) is 17.9. The summed E-state index contributed by atoms with van der Waals surface area (Å²) in [4.78, 5) is 16.6. The monoisotopic (exact) mass is 415 g/mol. The van der Waals surface area contributed by atoms with Crippen molar-refractivity contribution in [3.05, 3.63) is 46.6 Å². The number of carbonyl (C=O) groups excluding carboxylic acids is 1. The van der Waals surface area contributed by atoms with Crippen molar-refractivity contribution < 1.29 is 19.0 Å². The van der Waals surface area contributed by atoms with Gasteiger partial charge in [-0.2, -0.15) is 5.26 Å². The van der Waals surface area contributed by atoms with Crippen LogP contribution in [0.4, 0.5) is 0 Å². The van der Waals surface area contributed by atoms with E-state index >= 15 is 0 Å². The highest BCUT2D eigenvalue weighted by Crippen LogP contribution is 2.27. The molecule has 154 valence electrons. The van der Waals surface area contributed by atoms with Crippen molar-refractivity contribution in [2.75, 3.05) is 33.6 Å². The van der Waals surface area contributed by atoms with E-state index in [0.29, 0.717) is 41.7 Å². The van der Waals surface area contributed by atoms with Crippen LogP contribution in [-0.4, -0.2) is 44.5 Å². The van der Waals surface area contributed by atoms with Gasteiger partial charge in [0.15, 0.2) is 11.5 Å². The number of rotatable bonds is 10. The SMILES string of the molecule is COCc1cc(C)nc(SCC(=O)NCCc2ccc(OC)c(OC)c2)c1C#N. The molecule has 0 fully saturated rings. The number of thioether (sulfide) groups is 1. The van der Waals surface area contributed by atoms with E-state index in [-0.39, 0.29) is 11.7 Å². The third kappa shape index (κ3) is 6.38. The molecule has 0 bridgehead atoms. The van der Waals surface area contributed by atoms with Gasteiger partial charge >= 0.3 is 0 Å². The number of nitriles is 1. The van der Waals surface area contributed by atoms with Crippen LogP contribution < -0.4 is 14.8 Å². The number of pyridine rings is 1. The molecule has 7 nitrogen and oxygen atoms in total. The summed E-state index contributed by atoms with van der Waals surface area (Å²) < 4.78 is 15.7. The first-order chi connectivity index (χ1) is 14.0. The van der Waals surface area contributed by atoms with Crippen molar-refractivity contribution in [3.63, 3.8) is 0 Å². The summed E-state index contributed by atoms with van der Waals surface area (Å²) in [5, 5.41) is 12.9. The maximum absolute atomic E-state index is 12.2. The Hall–Kier alpha value is -2.76. The second kappa shape index (κ2) is 11.3. The van der Waals surface area contributed by atoms with Crippen molar-refractivity contribution in [1.29, 1.82) is 5.26 Å². The molecule has 1 aromatic heterocycles. The van der Waals surface area contributed by atoms with Gasteiger partial charge in [0.05, 0.1) is 32.1 Å². The molecule has 0 saturated carbocycles. The quantitative estimate of drug-likeness (QED) is 0.596. The Morgan fingerprint density at radius 2 is 1.97 bits per heavy atom. The number of ether oxygens (including phenoxy) is 3. The molecule has 0 aliphatic heterocycles. The lowest BCUT2D eigenvalue weighted by Crippen LogP contribution is -2.27. The van der Waals surface area contributed by atoms with Gasteiger partial charge in [0.1, 0.15) is 11.1 Å². The fourth-order valence-corrected chi connectivity index (χ4v) is 3.67. The number of carbonyl (C=O) groups is 1. The molecule has 2 rings (SSSR count). The number of hydrogen-bond acceptors (Lipinski definition) is 7. The summed E-state index contributed by atoms with van der Waals surface area (Å²) in [6.45, 7) is 2.68. The first kappa shape index (κ1) is 22.5. The number of nitrogens with zero attached hydrogens (tertiary/aromatic N) is 2. The van der Waals surface area contributed by atoms with Crippen molar-refractivity contribution in [2.24, 2.45) is 0 Å². The maximum Gasteiger partial charge on any atom is 0.230 e. The normalized spacial score (nSPS) is 10.3. The van der Waals surface area contributed by atoms with Crippen LogP contribution in [0.1, 0.15) is 22.4 Å². The van der Waals surface area contributed by atoms with Crippen LogP contribution in [-0.2, 0) is 22.6 Å². The molecule has 0 spiro atoms. The highest BCUT2D eigenvalue weighted by molar-refractivity contribution is 8.00. The Morgan fingerprint density at radius 3 is 2.62 bits per heavy atom. The van der Waals surface area contributed by atoms with Gasteiger partial charge in [-0.25, -0.2) is 4.98 Å². The number of aromatic nitrogens is 1. The lowest BCUT2D eigenvalue weighted by atomic mass is 10.1. The molecule has 1 aromatic carbocycles. The van der Waals surface area contributed by atoms with E-state index in [9.17, 15) is 10.1 Å². The van der Waals surface area contributed by atoms with Crippen LogP contribution in [0, 0.1) is 18.3 Å². The van der Waals surface area contributed by atoms with Crippen LogP contribution in [0.5, 0.6) is 11.5 Å². The van der Waals surface area contributed by atoms with Gasteiger partial charge < -0.3 is 19.5 Å². The largest absolute Gasteiger partial charge is 0.493 e. The van der Waals surface area contributed by atoms with Crippen LogP contribution >= 0.6 is 11.8 Å². The van der Waals surface area contributed by atoms with Crippen LogP contribution in [0.3, 0.4) is 0 Å². The van der Waals surface area contributed by atoms with Crippen molar-refractivity contribution >= 4 is 17.7 Å². The third-order valence-corrected chi connectivity index (χ3v) is 5.11. The molecule has 0 radical (unpaired) electrons. The van der Waals surface area contributed by atoms with Gasteiger partial charge in [-0.15, -0.1) is 0 Å². The number of hydrogen-bond donors (Lipinski definition) is 1. The minimum absolute atomic E-state index is 0.115. The van der Waals surface area contributed by atoms with E-state index in [1.165, 1.54) is 11.8 Å². The predicted octanol–water partition coefficient (Wildman–Crippen LogP) is 2.88. The number of methoxy groups -OCH3 is 3. The molecular weight excluding hydrogens is 390 g/mol. The van der Waals surface area contributed by atoms with E-state index in [1.807, 2.05) is 31.2 Å². The first-order valence-electron chi connectivity index (χ1n) is 9.02. The van der Waals surface area contributed by atoms with Gasteiger partial charge in [-0.3, -0.25) is 4.79 Å². The standard InChI is InChI=1S/C21H25N3O4S/c1-14-9-16(12-26-2)17(11-22)21(24-14)29-13-20(25)23-8-7-15-5-6-18(27-3)19(10-15)28-4/h5-6,9-10H,7-8,12-13H2,1-4H3,(H,23,25). The van der Waals surface area contributed by atoms with Crippen molar-refractivity contribution in [2.45, 2.75) is 25.0 Å². The molecular formula is C21H25N3O4S. The highest BCUT2D eigenvalue weighted by Gasteiger charge is 2.14. The lowest BCUT2D eigenvalue weighted by Gasteiger charge is -2.11. The second-order valence-electron chi connectivity index (χ2n) is 6.23.